The van der Waals surface area contributed by atoms with Crippen molar-refractivity contribution in [3.8, 4) is 5.69 Å². The van der Waals surface area contributed by atoms with Crippen LogP contribution in [0.1, 0.15) is 5.69 Å². The van der Waals surface area contributed by atoms with E-state index < -0.39 is 0 Å². The van der Waals surface area contributed by atoms with Gasteiger partial charge in [0.2, 0.25) is 0 Å². The first-order valence-corrected chi connectivity index (χ1v) is 8.65. The predicted molar refractivity (Wildman–Crippen MR) is 97.1 cm³/mol. The summed E-state index contributed by atoms with van der Waals surface area (Å²) in [5.41, 5.74) is 3.49. The first kappa shape index (κ1) is 14.1. The van der Waals surface area contributed by atoms with Crippen LogP contribution in [0, 0.1) is 0 Å². The van der Waals surface area contributed by atoms with Crippen molar-refractivity contribution >= 4 is 33.3 Å². The lowest BCUT2D eigenvalue weighted by molar-refractivity contribution is 1.04. The monoisotopic (exact) mass is 347 g/mol. The first-order chi connectivity index (χ1) is 12.4. The summed E-state index contributed by atoms with van der Waals surface area (Å²) in [7, 11) is 0. The minimum atomic E-state index is 0.582. The van der Waals surface area contributed by atoms with Gasteiger partial charge in [0.15, 0.2) is 21.9 Å². The normalized spacial score (nSPS) is 11.4. The van der Waals surface area contributed by atoms with Gasteiger partial charge in [0.05, 0.1) is 12.2 Å². The number of fused-ring (bicyclic) bond motifs is 2. The molecule has 1 N–H and O–H groups in total. The molecule has 7 nitrogen and oxygen atoms in total. The van der Waals surface area contributed by atoms with E-state index in [0.29, 0.717) is 12.4 Å². The minimum Gasteiger partial charge on any atom is -0.362 e. The van der Waals surface area contributed by atoms with Gasteiger partial charge in [-0.2, -0.15) is 0 Å². The number of hydrogen-bond donors (Lipinski definition) is 1. The summed E-state index contributed by atoms with van der Waals surface area (Å²) >= 11 is 1.62. The van der Waals surface area contributed by atoms with E-state index >= 15 is 0 Å². The number of nitrogens with zero attached hydrogens (tertiary/aromatic N) is 6. The molecule has 0 unspecified atom stereocenters. The van der Waals surface area contributed by atoms with Gasteiger partial charge < -0.3 is 5.32 Å². The molecule has 0 saturated heterocycles. The summed E-state index contributed by atoms with van der Waals surface area (Å²) in [5, 5.41) is 5.34. The maximum absolute atomic E-state index is 4.57. The fourth-order valence-corrected chi connectivity index (χ4v) is 3.50. The Hall–Kier alpha value is -3.26. The van der Waals surface area contributed by atoms with Crippen LogP contribution < -0.4 is 5.32 Å². The van der Waals surface area contributed by atoms with Gasteiger partial charge >= 0.3 is 0 Å². The van der Waals surface area contributed by atoms with Crippen molar-refractivity contribution in [1.29, 1.82) is 0 Å². The van der Waals surface area contributed by atoms with E-state index in [0.717, 1.165) is 27.5 Å². The Kier molecular flexibility index (Phi) is 3.20. The number of thiazole rings is 1. The van der Waals surface area contributed by atoms with Crippen LogP contribution in [0.15, 0.2) is 60.8 Å². The van der Waals surface area contributed by atoms with Crippen LogP contribution in [-0.2, 0) is 6.54 Å². The second-order valence-electron chi connectivity index (χ2n) is 5.52. The molecular weight excluding hydrogens is 334 g/mol. The second kappa shape index (κ2) is 5.67. The molecule has 0 aliphatic carbocycles. The van der Waals surface area contributed by atoms with E-state index in [-0.39, 0.29) is 0 Å². The van der Waals surface area contributed by atoms with Crippen molar-refractivity contribution in [3.05, 3.63) is 66.5 Å². The van der Waals surface area contributed by atoms with E-state index in [9.17, 15) is 0 Å². The highest BCUT2D eigenvalue weighted by atomic mass is 32.1. The summed E-state index contributed by atoms with van der Waals surface area (Å²) in [4.78, 5) is 18.8. The molecule has 0 radical (unpaired) electrons. The molecule has 0 spiro atoms. The summed E-state index contributed by atoms with van der Waals surface area (Å²) < 4.78 is 3.97. The number of aromatic nitrogens is 6. The van der Waals surface area contributed by atoms with Crippen LogP contribution >= 0.6 is 11.3 Å². The molecule has 5 rings (SSSR count). The lowest BCUT2D eigenvalue weighted by Gasteiger charge is -2.05. The van der Waals surface area contributed by atoms with E-state index in [1.54, 1.807) is 24.0 Å². The van der Waals surface area contributed by atoms with Crippen molar-refractivity contribution < 1.29 is 0 Å². The molecule has 0 bridgehead atoms. The Morgan fingerprint density at radius 2 is 2.00 bits per heavy atom. The van der Waals surface area contributed by atoms with Crippen LogP contribution in [0.5, 0.6) is 0 Å². The SMILES string of the molecule is c1ccc(-n2cnc3c(NCc4cn5ccsc5n4)ncnc32)cc1. The van der Waals surface area contributed by atoms with Gasteiger partial charge in [-0.15, -0.1) is 11.3 Å². The molecule has 5 aromatic rings. The third-order valence-electron chi connectivity index (χ3n) is 3.95. The van der Waals surface area contributed by atoms with Crippen molar-refractivity contribution in [2.45, 2.75) is 6.54 Å². The summed E-state index contributed by atoms with van der Waals surface area (Å²) in [6, 6.07) is 10.0. The number of rotatable bonds is 4. The van der Waals surface area contributed by atoms with Crippen LogP contribution in [0.3, 0.4) is 0 Å². The lowest BCUT2D eigenvalue weighted by Crippen LogP contribution is -2.03. The fraction of sp³-hybridized carbons (Fsp3) is 0.0588. The van der Waals surface area contributed by atoms with Crippen LogP contribution in [-0.4, -0.2) is 28.9 Å². The molecule has 0 amide bonds. The molecule has 1 aromatic carbocycles. The molecule has 0 fully saturated rings. The van der Waals surface area contributed by atoms with Gasteiger partial charge in [-0.05, 0) is 12.1 Å². The second-order valence-corrected chi connectivity index (χ2v) is 6.40. The quantitative estimate of drug-likeness (QED) is 0.541. The Bertz CT molecular complexity index is 1130. The maximum Gasteiger partial charge on any atom is 0.193 e. The van der Waals surface area contributed by atoms with Crippen molar-refractivity contribution in [2.24, 2.45) is 0 Å². The van der Waals surface area contributed by atoms with Crippen molar-refractivity contribution in [3.63, 3.8) is 0 Å². The molecule has 4 heterocycles. The van der Waals surface area contributed by atoms with Crippen molar-refractivity contribution in [2.75, 3.05) is 5.32 Å². The molecular formula is C17H13N7S. The largest absolute Gasteiger partial charge is 0.362 e. The Balaban J connectivity index is 1.47. The fourth-order valence-electron chi connectivity index (χ4n) is 2.78. The molecule has 4 aromatic heterocycles. The summed E-state index contributed by atoms with van der Waals surface area (Å²) in [6.07, 6.45) is 7.34. The predicted octanol–water partition coefficient (Wildman–Crippen LogP) is 3.14. The van der Waals surface area contributed by atoms with Gasteiger partial charge in [-0.25, -0.2) is 19.9 Å². The van der Waals surface area contributed by atoms with Gasteiger partial charge in [0, 0.05) is 23.5 Å². The zero-order valence-electron chi connectivity index (χ0n) is 13.1. The third-order valence-corrected chi connectivity index (χ3v) is 4.72. The summed E-state index contributed by atoms with van der Waals surface area (Å²) in [6.45, 7) is 0.582. The molecule has 25 heavy (non-hydrogen) atoms. The highest BCUT2D eigenvalue weighted by molar-refractivity contribution is 7.15. The van der Waals surface area contributed by atoms with E-state index in [4.69, 9.17) is 0 Å². The van der Waals surface area contributed by atoms with Gasteiger partial charge in [-0.1, -0.05) is 18.2 Å². The molecule has 122 valence electrons. The van der Waals surface area contributed by atoms with E-state index in [1.807, 2.05) is 57.1 Å². The zero-order chi connectivity index (χ0) is 16.6. The van der Waals surface area contributed by atoms with E-state index in [1.165, 1.54) is 0 Å². The molecule has 0 saturated carbocycles. The van der Waals surface area contributed by atoms with Gasteiger partial charge in [0.25, 0.3) is 0 Å². The highest BCUT2D eigenvalue weighted by Crippen LogP contribution is 2.21. The minimum absolute atomic E-state index is 0.582. The maximum atomic E-state index is 4.57. The van der Waals surface area contributed by atoms with Gasteiger partial charge in [-0.3, -0.25) is 8.97 Å². The highest BCUT2D eigenvalue weighted by Gasteiger charge is 2.11. The van der Waals surface area contributed by atoms with Crippen molar-refractivity contribution in [1.82, 2.24) is 28.9 Å². The first-order valence-electron chi connectivity index (χ1n) is 7.77. The third kappa shape index (κ3) is 2.43. The number of para-hydroxylation sites is 1. The Morgan fingerprint density at radius 1 is 1.08 bits per heavy atom. The average Bonchev–Trinajstić information content (AvgIpc) is 3.35. The van der Waals surface area contributed by atoms with Gasteiger partial charge in [0.1, 0.15) is 12.7 Å². The van der Waals surface area contributed by atoms with Crippen LogP contribution in [0.25, 0.3) is 21.8 Å². The topological polar surface area (TPSA) is 72.9 Å². The van der Waals surface area contributed by atoms with Crippen LogP contribution in [0.4, 0.5) is 5.82 Å². The molecule has 0 aliphatic heterocycles. The molecule has 8 heteroatoms. The number of benzene rings is 1. The summed E-state index contributed by atoms with van der Waals surface area (Å²) in [5.74, 6) is 0.705. The standard InChI is InChI=1S/C17H13N7S/c1-2-4-13(5-3-1)24-11-21-14-15(19-10-20-16(14)24)18-8-12-9-23-6-7-25-17(23)22-12/h1-7,9-11H,8H2,(H,18,19,20). The smallest absolute Gasteiger partial charge is 0.193 e. The number of imidazole rings is 2. The Labute approximate surface area is 146 Å². The molecule has 0 aliphatic rings. The van der Waals surface area contributed by atoms with E-state index in [2.05, 4.69) is 25.3 Å². The van der Waals surface area contributed by atoms with Crippen LogP contribution in [0.2, 0.25) is 0 Å². The number of hydrogen-bond acceptors (Lipinski definition) is 6. The molecule has 0 atom stereocenters. The lowest BCUT2D eigenvalue weighted by atomic mass is 10.3. The Morgan fingerprint density at radius 3 is 2.88 bits per heavy atom. The number of nitrogens with one attached hydrogen (secondary N) is 1. The zero-order valence-corrected chi connectivity index (χ0v) is 13.9. The number of anilines is 1. The average molecular weight is 347 g/mol.